The summed E-state index contributed by atoms with van der Waals surface area (Å²) in [5, 5.41) is 12.5. The van der Waals surface area contributed by atoms with Crippen molar-refractivity contribution in [2.24, 2.45) is 0 Å². The van der Waals surface area contributed by atoms with E-state index in [-0.39, 0.29) is 16.8 Å². The van der Waals surface area contributed by atoms with Gasteiger partial charge in [-0.1, -0.05) is 65.7 Å². The summed E-state index contributed by atoms with van der Waals surface area (Å²) in [4.78, 5) is 23.9. The van der Waals surface area contributed by atoms with Crippen molar-refractivity contribution in [3.8, 4) is 11.1 Å². The Labute approximate surface area is 166 Å². The van der Waals surface area contributed by atoms with Crippen molar-refractivity contribution in [2.75, 3.05) is 5.32 Å². The standard InChI is InChI=1S/C21H15Cl2NO3/c1-12-7-8-14(21(26)27)11-16(12)20(25)24-19-17(22)10-9-15(18(19)23)13-5-3-2-4-6-13/h2-11H,1H3,(H,24,25)(H,26,27). The van der Waals surface area contributed by atoms with Crippen molar-refractivity contribution in [1.82, 2.24) is 0 Å². The maximum Gasteiger partial charge on any atom is 0.335 e. The number of carboxylic acid groups (broad SMARTS) is 1. The van der Waals surface area contributed by atoms with E-state index in [1.54, 1.807) is 25.1 Å². The summed E-state index contributed by atoms with van der Waals surface area (Å²) in [5.41, 5.74) is 2.81. The number of aryl methyl sites for hydroxylation is 1. The molecule has 3 aromatic rings. The molecule has 0 atom stereocenters. The normalized spacial score (nSPS) is 10.5. The van der Waals surface area contributed by atoms with E-state index in [0.29, 0.717) is 15.6 Å². The minimum absolute atomic E-state index is 0.0287. The van der Waals surface area contributed by atoms with E-state index in [1.165, 1.54) is 12.1 Å². The second-order valence-corrected chi connectivity index (χ2v) is 6.72. The quantitative estimate of drug-likeness (QED) is 0.571. The summed E-state index contributed by atoms with van der Waals surface area (Å²) in [6.07, 6.45) is 0. The largest absolute Gasteiger partial charge is 0.478 e. The Kier molecular flexibility index (Phi) is 5.49. The van der Waals surface area contributed by atoms with Gasteiger partial charge in [0.15, 0.2) is 0 Å². The molecule has 136 valence electrons. The molecule has 0 aliphatic carbocycles. The number of carbonyl (C=O) groups excluding carboxylic acids is 1. The van der Waals surface area contributed by atoms with Crippen LogP contribution in [0, 0.1) is 6.92 Å². The summed E-state index contributed by atoms with van der Waals surface area (Å²) < 4.78 is 0. The highest BCUT2D eigenvalue weighted by atomic mass is 35.5. The van der Waals surface area contributed by atoms with E-state index in [9.17, 15) is 9.59 Å². The van der Waals surface area contributed by atoms with Gasteiger partial charge in [0.05, 0.1) is 21.3 Å². The molecule has 0 spiro atoms. The summed E-state index contributed by atoms with van der Waals surface area (Å²) in [6.45, 7) is 1.73. The van der Waals surface area contributed by atoms with Crippen LogP contribution in [0.3, 0.4) is 0 Å². The number of anilines is 1. The van der Waals surface area contributed by atoms with Crippen molar-refractivity contribution in [3.05, 3.63) is 87.4 Å². The second kappa shape index (κ2) is 7.82. The van der Waals surface area contributed by atoms with Gasteiger partial charge >= 0.3 is 5.97 Å². The number of hydrogen-bond donors (Lipinski definition) is 2. The molecule has 0 aliphatic rings. The van der Waals surface area contributed by atoms with Crippen molar-refractivity contribution in [2.45, 2.75) is 6.92 Å². The lowest BCUT2D eigenvalue weighted by Gasteiger charge is -2.14. The topological polar surface area (TPSA) is 66.4 Å². The van der Waals surface area contributed by atoms with Crippen LogP contribution in [0.25, 0.3) is 11.1 Å². The van der Waals surface area contributed by atoms with Gasteiger partial charge in [-0.05, 0) is 36.2 Å². The molecule has 0 aliphatic heterocycles. The Bertz CT molecular complexity index is 1030. The van der Waals surface area contributed by atoms with E-state index >= 15 is 0 Å². The number of halogens is 2. The molecule has 0 saturated heterocycles. The first kappa shape index (κ1) is 19.0. The minimum atomic E-state index is -1.11. The smallest absolute Gasteiger partial charge is 0.335 e. The van der Waals surface area contributed by atoms with Gasteiger partial charge in [0.25, 0.3) is 5.91 Å². The zero-order chi connectivity index (χ0) is 19.6. The zero-order valence-electron chi connectivity index (χ0n) is 14.3. The van der Waals surface area contributed by atoms with Gasteiger partial charge in [-0.2, -0.15) is 0 Å². The van der Waals surface area contributed by atoms with Gasteiger partial charge in [0.1, 0.15) is 0 Å². The molecule has 1 amide bonds. The van der Waals surface area contributed by atoms with Crippen LogP contribution in [-0.4, -0.2) is 17.0 Å². The summed E-state index contributed by atoms with van der Waals surface area (Å²) in [7, 11) is 0. The lowest BCUT2D eigenvalue weighted by molar-refractivity contribution is 0.0697. The third-order valence-corrected chi connectivity index (χ3v) is 4.85. The third kappa shape index (κ3) is 3.97. The fraction of sp³-hybridized carbons (Fsp3) is 0.0476. The van der Waals surface area contributed by atoms with Crippen molar-refractivity contribution in [3.63, 3.8) is 0 Å². The summed E-state index contributed by atoms with van der Waals surface area (Å²) in [5.74, 6) is -1.59. The molecule has 0 bridgehead atoms. The van der Waals surface area contributed by atoms with E-state index in [4.69, 9.17) is 28.3 Å². The number of aromatic carboxylic acids is 1. The highest BCUT2D eigenvalue weighted by Gasteiger charge is 2.18. The van der Waals surface area contributed by atoms with Crippen LogP contribution in [0.5, 0.6) is 0 Å². The fourth-order valence-corrected chi connectivity index (χ4v) is 3.26. The van der Waals surface area contributed by atoms with Gasteiger partial charge in [0.2, 0.25) is 0 Å². The SMILES string of the molecule is Cc1ccc(C(=O)O)cc1C(=O)Nc1c(Cl)ccc(-c2ccccc2)c1Cl. The first-order valence-corrected chi connectivity index (χ1v) is 8.83. The van der Waals surface area contributed by atoms with Gasteiger partial charge in [-0.15, -0.1) is 0 Å². The fourth-order valence-electron chi connectivity index (χ4n) is 2.69. The van der Waals surface area contributed by atoms with Gasteiger partial charge in [0, 0.05) is 11.1 Å². The van der Waals surface area contributed by atoms with Crippen LogP contribution < -0.4 is 5.32 Å². The lowest BCUT2D eigenvalue weighted by atomic mass is 10.0. The number of hydrogen-bond acceptors (Lipinski definition) is 2. The van der Waals surface area contributed by atoms with Crippen LogP contribution in [0.4, 0.5) is 5.69 Å². The average molecular weight is 400 g/mol. The number of carboxylic acids is 1. The van der Waals surface area contributed by atoms with Crippen molar-refractivity contribution >= 4 is 40.8 Å². The Morgan fingerprint density at radius 1 is 0.963 bits per heavy atom. The minimum Gasteiger partial charge on any atom is -0.478 e. The first-order valence-electron chi connectivity index (χ1n) is 8.07. The highest BCUT2D eigenvalue weighted by molar-refractivity contribution is 6.41. The van der Waals surface area contributed by atoms with Crippen LogP contribution >= 0.6 is 23.2 Å². The molecule has 0 fully saturated rings. The van der Waals surface area contributed by atoms with E-state index in [0.717, 1.165) is 11.1 Å². The number of rotatable bonds is 4. The number of amides is 1. The molecule has 2 N–H and O–H groups in total. The van der Waals surface area contributed by atoms with Crippen molar-refractivity contribution < 1.29 is 14.7 Å². The molecule has 0 aromatic heterocycles. The predicted molar refractivity (Wildman–Crippen MR) is 108 cm³/mol. The molecule has 0 unspecified atom stereocenters. The van der Waals surface area contributed by atoms with Crippen LogP contribution in [0.1, 0.15) is 26.3 Å². The second-order valence-electron chi connectivity index (χ2n) is 5.94. The van der Waals surface area contributed by atoms with E-state index in [2.05, 4.69) is 5.32 Å². The highest BCUT2D eigenvalue weighted by Crippen LogP contribution is 2.38. The molecule has 0 saturated carbocycles. The Hall–Kier alpha value is -2.82. The first-order chi connectivity index (χ1) is 12.9. The lowest BCUT2D eigenvalue weighted by Crippen LogP contribution is -2.15. The van der Waals surface area contributed by atoms with Crippen LogP contribution in [-0.2, 0) is 0 Å². The summed E-state index contributed by atoms with van der Waals surface area (Å²) in [6, 6.07) is 17.3. The monoisotopic (exact) mass is 399 g/mol. The van der Waals surface area contributed by atoms with Crippen molar-refractivity contribution in [1.29, 1.82) is 0 Å². The molecule has 3 aromatic carbocycles. The zero-order valence-corrected chi connectivity index (χ0v) is 15.8. The maximum absolute atomic E-state index is 12.7. The maximum atomic E-state index is 12.7. The number of nitrogens with one attached hydrogen (secondary N) is 1. The molecular formula is C21H15Cl2NO3. The van der Waals surface area contributed by atoms with Crippen LogP contribution in [0.15, 0.2) is 60.7 Å². The molecule has 3 rings (SSSR count). The summed E-state index contributed by atoms with van der Waals surface area (Å²) >= 11 is 12.8. The molecule has 4 nitrogen and oxygen atoms in total. The van der Waals surface area contributed by atoms with E-state index in [1.807, 2.05) is 30.3 Å². The third-order valence-electron chi connectivity index (χ3n) is 4.14. The predicted octanol–water partition coefficient (Wildman–Crippen LogP) is 5.92. The molecule has 0 heterocycles. The van der Waals surface area contributed by atoms with Gasteiger partial charge < -0.3 is 10.4 Å². The Balaban J connectivity index is 2.00. The average Bonchev–Trinajstić information content (AvgIpc) is 2.66. The number of benzene rings is 3. The Morgan fingerprint density at radius 2 is 1.67 bits per heavy atom. The molecule has 6 heteroatoms. The molecule has 27 heavy (non-hydrogen) atoms. The van der Waals surface area contributed by atoms with Gasteiger partial charge in [-0.3, -0.25) is 4.79 Å². The number of carbonyl (C=O) groups is 2. The molecule has 0 radical (unpaired) electrons. The molecular weight excluding hydrogens is 385 g/mol. The van der Waals surface area contributed by atoms with Crippen LogP contribution in [0.2, 0.25) is 10.0 Å². The van der Waals surface area contributed by atoms with E-state index < -0.39 is 11.9 Å². The van der Waals surface area contributed by atoms with Gasteiger partial charge in [-0.25, -0.2) is 4.79 Å². The Morgan fingerprint density at radius 3 is 2.33 bits per heavy atom.